The van der Waals surface area contributed by atoms with E-state index in [0.29, 0.717) is 5.16 Å². The van der Waals surface area contributed by atoms with E-state index in [2.05, 4.69) is 25.5 Å². The first-order chi connectivity index (χ1) is 9.19. The summed E-state index contributed by atoms with van der Waals surface area (Å²) < 4.78 is 0. The molecule has 104 valence electrons. The summed E-state index contributed by atoms with van der Waals surface area (Å²) in [6.07, 6.45) is 3.82. The summed E-state index contributed by atoms with van der Waals surface area (Å²) in [4.78, 5) is 22.8. The largest absolute Gasteiger partial charge is 0.373 e. The van der Waals surface area contributed by atoms with Crippen molar-refractivity contribution in [2.45, 2.75) is 24.0 Å². The Morgan fingerprint density at radius 1 is 1.47 bits per heavy atom. The molecule has 1 aromatic rings. The second-order valence-electron chi connectivity index (χ2n) is 4.31. The molecule has 2 rings (SSSR count). The first-order valence-corrected chi connectivity index (χ1v) is 7.51. The Kier molecular flexibility index (Phi) is 4.47. The van der Waals surface area contributed by atoms with Crippen molar-refractivity contribution in [3.8, 4) is 0 Å². The predicted molar refractivity (Wildman–Crippen MR) is 77.8 cm³/mol. The molecule has 6 nitrogen and oxygen atoms in total. The van der Waals surface area contributed by atoms with Gasteiger partial charge in [-0.2, -0.15) is 0 Å². The van der Waals surface area contributed by atoms with Crippen LogP contribution in [0.25, 0.3) is 0 Å². The number of hydrogen-bond acceptors (Lipinski definition) is 6. The number of carbonyl (C=O) groups is 1. The summed E-state index contributed by atoms with van der Waals surface area (Å²) in [6, 6.07) is 1.76. The van der Waals surface area contributed by atoms with Crippen molar-refractivity contribution < 1.29 is 4.79 Å². The molecule has 7 heteroatoms. The molecule has 0 bridgehead atoms. The Morgan fingerprint density at radius 3 is 2.89 bits per heavy atom. The minimum absolute atomic E-state index is 0.0489. The van der Waals surface area contributed by atoms with Gasteiger partial charge in [0.1, 0.15) is 17.7 Å². The molecule has 1 fully saturated rings. The zero-order valence-electron chi connectivity index (χ0n) is 11.4. The highest BCUT2D eigenvalue weighted by atomic mass is 32.2. The van der Waals surface area contributed by atoms with E-state index in [1.54, 1.807) is 7.05 Å². The van der Waals surface area contributed by atoms with Gasteiger partial charge in [-0.1, -0.05) is 11.8 Å². The fourth-order valence-corrected chi connectivity index (χ4v) is 2.63. The standard InChI is InChI=1S/C12H19N5OS/c1-13-9-7-10(16-12(15-9)19-3)17-6-4-5-8(17)11(18)14-2/h7-8H,4-6H2,1-3H3,(H,14,18)(H,13,15,16). The number of nitrogens with one attached hydrogen (secondary N) is 2. The number of nitrogens with zero attached hydrogens (tertiary/aromatic N) is 3. The summed E-state index contributed by atoms with van der Waals surface area (Å²) in [5.74, 6) is 1.64. The number of anilines is 2. The molecule has 19 heavy (non-hydrogen) atoms. The number of amides is 1. The third-order valence-corrected chi connectivity index (χ3v) is 3.77. The van der Waals surface area contributed by atoms with Crippen molar-refractivity contribution in [1.82, 2.24) is 15.3 Å². The van der Waals surface area contributed by atoms with E-state index in [4.69, 9.17) is 0 Å². The van der Waals surface area contributed by atoms with Crippen LogP contribution in [0.5, 0.6) is 0 Å². The molecule has 0 spiro atoms. The molecule has 0 saturated carbocycles. The average Bonchev–Trinajstić information content (AvgIpc) is 2.95. The lowest BCUT2D eigenvalue weighted by molar-refractivity contribution is -0.121. The lowest BCUT2D eigenvalue weighted by Gasteiger charge is -2.24. The minimum Gasteiger partial charge on any atom is -0.373 e. The number of likely N-dealkylation sites (N-methyl/N-ethyl adjacent to an activating group) is 1. The summed E-state index contributed by atoms with van der Waals surface area (Å²) in [5.41, 5.74) is 0. The van der Waals surface area contributed by atoms with Gasteiger partial charge in [-0.05, 0) is 19.1 Å². The van der Waals surface area contributed by atoms with Crippen molar-refractivity contribution in [3.63, 3.8) is 0 Å². The SMILES string of the molecule is CNC(=O)C1CCCN1c1cc(NC)nc(SC)n1. The monoisotopic (exact) mass is 281 g/mol. The first-order valence-electron chi connectivity index (χ1n) is 6.28. The van der Waals surface area contributed by atoms with E-state index in [0.717, 1.165) is 31.0 Å². The molecular weight excluding hydrogens is 262 g/mol. The van der Waals surface area contributed by atoms with Gasteiger partial charge in [0.2, 0.25) is 5.91 Å². The van der Waals surface area contributed by atoms with Gasteiger partial charge in [-0.3, -0.25) is 4.79 Å². The lowest BCUT2D eigenvalue weighted by Crippen LogP contribution is -2.42. The summed E-state index contributed by atoms with van der Waals surface area (Å²) in [7, 11) is 3.50. The first kappa shape index (κ1) is 13.9. The molecule has 1 saturated heterocycles. The van der Waals surface area contributed by atoms with Gasteiger partial charge in [0, 0.05) is 26.7 Å². The van der Waals surface area contributed by atoms with Crippen LogP contribution < -0.4 is 15.5 Å². The Morgan fingerprint density at radius 2 is 2.26 bits per heavy atom. The minimum atomic E-state index is -0.126. The normalized spacial score (nSPS) is 18.5. The second kappa shape index (κ2) is 6.10. The molecule has 1 unspecified atom stereocenters. The molecule has 1 amide bonds. The van der Waals surface area contributed by atoms with E-state index < -0.39 is 0 Å². The van der Waals surface area contributed by atoms with Gasteiger partial charge in [-0.25, -0.2) is 9.97 Å². The van der Waals surface area contributed by atoms with Gasteiger partial charge >= 0.3 is 0 Å². The highest BCUT2D eigenvalue weighted by molar-refractivity contribution is 7.98. The molecule has 1 aliphatic rings. The molecule has 0 radical (unpaired) electrons. The van der Waals surface area contributed by atoms with E-state index in [1.165, 1.54) is 11.8 Å². The van der Waals surface area contributed by atoms with Crippen molar-refractivity contribution in [3.05, 3.63) is 6.07 Å². The number of aromatic nitrogens is 2. The lowest BCUT2D eigenvalue weighted by atomic mass is 10.2. The number of rotatable bonds is 4. The van der Waals surface area contributed by atoms with E-state index in [-0.39, 0.29) is 11.9 Å². The number of carbonyl (C=O) groups excluding carboxylic acids is 1. The summed E-state index contributed by atoms with van der Waals surface area (Å²) >= 11 is 1.50. The molecule has 1 atom stereocenters. The fraction of sp³-hybridized carbons (Fsp3) is 0.583. The summed E-state index contributed by atoms with van der Waals surface area (Å²) in [5, 5.41) is 6.46. The van der Waals surface area contributed by atoms with Crippen LogP contribution in [0.15, 0.2) is 11.2 Å². The van der Waals surface area contributed by atoms with Gasteiger partial charge in [-0.15, -0.1) is 0 Å². The quantitative estimate of drug-likeness (QED) is 0.633. The van der Waals surface area contributed by atoms with Gasteiger partial charge in [0.15, 0.2) is 5.16 Å². The zero-order valence-corrected chi connectivity index (χ0v) is 12.3. The maximum Gasteiger partial charge on any atom is 0.242 e. The Bertz CT molecular complexity index is 445. The average molecular weight is 281 g/mol. The Hall–Kier alpha value is -1.50. The van der Waals surface area contributed by atoms with E-state index in [1.807, 2.05) is 19.4 Å². The van der Waals surface area contributed by atoms with Crippen LogP contribution in [0, 0.1) is 0 Å². The van der Waals surface area contributed by atoms with Crippen molar-refractivity contribution in [2.24, 2.45) is 0 Å². The third-order valence-electron chi connectivity index (χ3n) is 3.23. The third kappa shape index (κ3) is 2.91. The number of hydrogen-bond donors (Lipinski definition) is 2. The van der Waals surface area contributed by atoms with Gasteiger partial charge in [0.05, 0.1) is 0 Å². The maximum atomic E-state index is 11.9. The highest BCUT2D eigenvalue weighted by Gasteiger charge is 2.31. The van der Waals surface area contributed by atoms with Crippen LogP contribution in [0.3, 0.4) is 0 Å². The maximum absolute atomic E-state index is 11.9. The molecule has 1 aromatic heterocycles. The van der Waals surface area contributed by atoms with Crippen molar-refractivity contribution >= 4 is 29.3 Å². The Labute approximate surface area is 117 Å². The molecule has 2 N–H and O–H groups in total. The summed E-state index contributed by atoms with van der Waals surface area (Å²) in [6.45, 7) is 0.853. The van der Waals surface area contributed by atoms with Crippen molar-refractivity contribution in [1.29, 1.82) is 0 Å². The molecule has 0 aliphatic carbocycles. The van der Waals surface area contributed by atoms with E-state index in [9.17, 15) is 4.79 Å². The topological polar surface area (TPSA) is 70.2 Å². The highest BCUT2D eigenvalue weighted by Crippen LogP contribution is 2.27. The second-order valence-corrected chi connectivity index (χ2v) is 5.09. The van der Waals surface area contributed by atoms with Gasteiger partial charge in [0.25, 0.3) is 0 Å². The molecule has 1 aliphatic heterocycles. The molecular formula is C12H19N5OS. The Balaban J connectivity index is 2.31. The van der Waals surface area contributed by atoms with E-state index >= 15 is 0 Å². The van der Waals surface area contributed by atoms with Crippen LogP contribution in [0.2, 0.25) is 0 Å². The smallest absolute Gasteiger partial charge is 0.242 e. The van der Waals surface area contributed by atoms with Gasteiger partial charge < -0.3 is 15.5 Å². The van der Waals surface area contributed by atoms with Crippen LogP contribution in [-0.2, 0) is 4.79 Å². The fourth-order valence-electron chi connectivity index (χ4n) is 2.26. The van der Waals surface area contributed by atoms with Crippen LogP contribution >= 0.6 is 11.8 Å². The van der Waals surface area contributed by atoms with Crippen LogP contribution in [0.4, 0.5) is 11.6 Å². The number of thioether (sulfide) groups is 1. The predicted octanol–water partition coefficient (Wildman–Crippen LogP) is 0.955. The zero-order chi connectivity index (χ0) is 13.8. The van der Waals surface area contributed by atoms with Crippen molar-refractivity contribution in [2.75, 3.05) is 37.1 Å². The molecule has 2 heterocycles. The molecule has 0 aromatic carbocycles. The van der Waals surface area contributed by atoms with Crippen LogP contribution in [-0.4, -0.2) is 48.8 Å². The van der Waals surface area contributed by atoms with Crippen LogP contribution in [0.1, 0.15) is 12.8 Å².